The first-order valence-corrected chi connectivity index (χ1v) is 13.5. The summed E-state index contributed by atoms with van der Waals surface area (Å²) in [5.41, 5.74) is 0. The molecule has 0 rings (SSSR count). The van der Waals surface area contributed by atoms with Crippen LogP contribution in [0.1, 0.15) is 149 Å². The van der Waals surface area contributed by atoms with E-state index in [2.05, 4.69) is 6.92 Å². The van der Waals surface area contributed by atoms with Crippen molar-refractivity contribution in [1.82, 2.24) is 0 Å². The smallest absolute Gasteiger partial charge is 0.306 e. The Kier molecular flexibility index (Phi) is 21.4. The number of carbonyl (C=O) groups is 2. The first kappa shape index (κ1) is 29.9. The van der Waals surface area contributed by atoms with Gasteiger partial charge in [-0.1, -0.05) is 123 Å². The Balaban J connectivity index is 3.30. The molecule has 4 heteroatoms. The second kappa shape index (κ2) is 22.1. The van der Waals surface area contributed by atoms with E-state index in [1.807, 2.05) is 6.92 Å². The van der Waals surface area contributed by atoms with E-state index >= 15 is 0 Å². The largest absolute Gasteiger partial charge is 0.481 e. The lowest BCUT2D eigenvalue weighted by molar-refractivity contribution is -0.144. The van der Waals surface area contributed by atoms with Gasteiger partial charge in [-0.15, -0.1) is 0 Å². The summed E-state index contributed by atoms with van der Waals surface area (Å²) < 4.78 is 0. The molecule has 0 bridgehead atoms. The van der Waals surface area contributed by atoms with E-state index in [0.717, 1.165) is 32.1 Å². The second-order valence-corrected chi connectivity index (χ2v) is 9.46. The number of hydrogen-bond donors (Lipinski definition) is 2. The van der Waals surface area contributed by atoms with Crippen LogP contribution in [0, 0.1) is 11.8 Å². The highest BCUT2D eigenvalue weighted by Gasteiger charge is 2.24. The fourth-order valence-corrected chi connectivity index (χ4v) is 4.73. The zero-order valence-electron chi connectivity index (χ0n) is 20.7. The molecule has 4 nitrogen and oxygen atoms in total. The Morgan fingerprint density at radius 3 is 1.19 bits per heavy atom. The summed E-state index contributed by atoms with van der Waals surface area (Å²) >= 11 is 0. The van der Waals surface area contributed by atoms with Crippen LogP contribution in [0.3, 0.4) is 0 Å². The van der Waals surface area contributed by atoms with Crippen LogP contribution in [-0.2, 0) is 9.59 Å². The molecular weight excluding hydrogens is 388 g/mol. The number of carboxylic acids is 2. The van der Waals surface area contributed by atoms with Crippen LogP contribution >= 0.6 is 0 Å². The molecule has 2 N–H and O–H groups in total. The van der Waals surface area contributed by atoms with Gasteiger partial charge in [0.25, 0.3) is 0 Å². The summed E-state index contributed by atoms with van der Waals surface area (Å²) in [5.74, 6) is -1.08. The van der Waals surface area contributed by atoms with Gasteiger partial charge in [-0.2, -0.15) is 0 Å². The molecule has 0 aliphatic rings. The highest BCUT2D eigenvalue weighted by Crippen LogP contribution is 2.26. The third-order valence-corrected chi connectivity index (χ3v) is 6.82. The van der Waals surface area contributed by atoms with Gasteiger partial charge in [0.05, 0.1) is 5.92 Å². The fourth-order valence-electron chi connectivity index (χ4n) is 4.73. The SMILES string of the molecule is CCC(CCCCCCCCCCCCCCCCCCCC(=O)O)C(CC)C(=O)O. The molecule has 0 aromatic heterocycles. The van der Waals surface area contributed by atoms with Gasteiger partial charge < -0.3 is 10.2 Å². The van der Waals surface area contributed by atoms with Crippen LogP contribution in [0.15, 0.2) is 0 Å². The minimum Gasteiger partial charge on any atom is -0.481 e. The summed E-state index contributed by atoms with van der Waals surface area (Å²) in [6.07, 6.45) is 24.8. The van der Waals surface area contributed by atoms with Crippen molar-refractivity contribution >= 4 is 11.9 Å². The monoisotopic (exact) mass is 440 g/mol. The zero-order valence-corrected chi connectivity index (χ0v) is 20.7. The lowest BCUT2D eigenvalue weighted by Crippen LogP contribution is -2.22. The van der Waals surface area contributed by atoms with E-state index in [1.165, 1.54) is 96.3 Å². The lowest BCUT2D eigenvalue weighted by atomic mass is 9.84. The maximum Gasteiger partial charge on any atom is 0.306 e. The maximum absolute atomic E-state index is 11.3. The van der Waals surface area contributed by atoms with E-state index in [1.54, 1.807) is 0 Å². The number of rotatable bonds is 24. The zero-order chi connectivity index (χ0) is 23.2. The Morgan fingerprint density at radius 1 is 0.548 bits per heavy atom. The molecule has 2 atom stereocenters. The van der Waals surface area contributed by atoms with Crippen molar-refractivity contribution in [3.63, 3.8) is 0 Å². The van der Waals surface area contributed by atoms with E-state index in [-0.39, 0.29) is 5.92 Å². The molecule has 2 unspecified atom stereocenters. The summed E-state index contributed by atoms with van der Waals surface area (Å²) in [6.45, 7) is 4.13. The predicted molar refractivity (Wildman–Crippen MR) is 131 cm³/mol. The van der Waals surface area contributed by atoms with Crippen LogP contribution in [0.4, 0.5) is 0 Å². The van der Waals surface area contributed by atoms with Crippen LogP contribution in [0.25, 0.3) is 0 Å². The minimum atomic E-state index is -0.667. The van der Waals surface area contributed by atoms with Gasteiger partial charge in [0.2, 0.25) is 0 Å². The first-order valence-electron chi connectivity index (χ1n) is 13.5. The highest BCUT2D eigenvalue weighted by atomic mass is 16.4. The second-order valence-electron chi connectivity index (χ2n) is 9.46. The number of aliphatic carboxylic acids is 2. The van der Waals surface area contributed by atoms with Crippen molar-refractivity contribution in [2.24, 2.45) is 11.8 Å². The summed E-state index contributed by atoms with van der Waals surface area (Å²) in [5, 5.41) is 17.9. The molecule has 0 aliphatic carbocycles. The molecule has 184 valence electrons. The molecule has 0 aliphatic heterocycles. The first-order chi connectivity index (χ1) is 15.0. The molecule has 0 radical (unpaired) electrons. The summed E-state index contributed by atoms with van der Waals surface area (Å²) in [4.78, 5) is 21.8. The van der Waals surface area contributed by atoms with Crippen molar-refractivity contribution in [3.8, 4) is 0 Å². The average Bonchev–Trinajstić information content (AvgIpc) is 2.74. The standard InChI is InChI=1S/C27H52O4/c1-3-24(25(4-2)27(30)31)22-20-18-16-14-12-10-8-6-5-7-9-11-13-15-17-19-21-23-26(28)29/h24-25H,3-23H2,1-2H3,(H,28,29)(H,30,31). The third-order valence-electron chi connectivity index (χ3n) is 6.82. The van der Waals surface area contributed by atoms with Crippen molar-refractivity contribution in [3.05, 3.63) is 0 Å². The molecule has 0 saturated carbocycles. The topological polar surface area (TPSA) is 74.6 Å². The molecular formula is C27H52O4. The van der Waals surface area contributed by atoms with E-state index in [0.29, 0.717) is 12.3 Å². The fraction of sp³-hybridized carbons (Fsp3) is 0.926. The van der Waals surface area contributed by atoms with Gasteiger partial charge in [0, 0.05) is 6.42 Å². The Labute approximate surface area is 192 Å². The van der Waals surface area contributed by atoms with Gasteiger partial charge in [-0.05, 0) is 25.2 Å². The Morgan fingerprint density at radius 2 is 0.903 bits per heavy atom. The number of unbranched alkanes of at least 4 members (excludes halogenated alkanes) is 16. The molecule has 0 heterocycles. The quantitative estimate of drug-likeness (QED) is 0.147. The average molecular weight is 441 g/mol. The van der Waals surface area contributed by atoms with E-state index < -0.39 is 11.9 Å². The Bertz CT molecular complexity index is 421. The third kappa shape index (κ3) is 19.4. The predicted octanol–water partition coefficient (Wildman–Crippen LogP) is 8.62. The lowest BCUT2D eigenvalue weighted by Gasteiger charge is -2.21. The van der Waals surface area contributed by atoms with Crippen molar-refractivity contribution in [1.29, 1.82) is 0 Å². The Hall–Kier alpha value is -1.06. The molecule has 0 saturated heterocycles. The van der Waals surface area contributed by atoms with Gasteiger partial charge in [-0.3, -0.25) is 9.59 Å². The van der Waals surface area contributed by atoms with Crippen LogP contribution in [0.5, 0.6) is 0 Å². The van der Waals surface area contributed by atoms with Crippen molar-refractivity contribution in [2.75, 3.05) is 0 Å². The molecule has 0 aromatic carbocycles. The van der Waals surface area contributed by atoms with E-state index in [9.17, 15) is 14.7 Å². The molecule has 0 spiro atoms. The molecule has 0 amide bonds. The number of carboxylic acid groups (broad SMARTS) is 2. The normalized spacial score (nSPS) is 13.2. The maximum atomic E-state index is 11.3. The van der Waals surface area contributed by atoms with E-state index in [4.69, 9.17) is 5.11 Å². The molecule has 0 fully saturated rings. The van der Waals surface area contributed by atoms with Gasteiger partial charge in [0.1, 0.15) is 0 Å². The highest BCUT2D eigenvalue weighted by molar-refractivity contribution is 5.70. The minimum absolute atomic E-state index is 0.152. The van der Waals surface area contributed by atoms with Crippen molar-refractivity contribution < 1.29 is 19.8 Å². The summed E-state index contributed by atoms with van der Waals surface area (Å²) in [7, 11) is 0. The van der Waals surface area contributed by atoms with Crippen LogP contribution < -0.4 is 0 Å². The van der Waals surface area contributed by atoms with Gasteiger partial charge in [-0.25, -0.2) is 0 Å². The molecule has 0 aromatic rings. The molecule has 31 heavy (non-hydrogen) atoms. The van der Waals surface area contributed by atoms with Crippen LogP contribution in [-0.4, -0.2) is 22.2 Å². The van der Waals surface area contributed by atoms with Crippen molar-refractivity contribution in [2.45, 2.75) is 149 Å². The van der Waals surface area contributed by atoms with Crippen LogP contribution in [0.2, 0.25) is 0 Å². The number of hydrogen-bond acceptors (Lipinski definition) is 2. The van der Waals surface area contributed by atoms with Gasteiger partial charge in [0.15, 0.2) is 0 Å². The summed E-state index contributed by atoms with van der Waals surface area (Å²) in [6, 6.07) is 0. The van der Waals surface area contributed by atoms with Gasteiger partial charge >= 0.3 is 11.9 Å².